The lowest BCUT2D eigenvalue weighted by molar-refractivity contribution is -0.128. The van der Waals surface area contributed by atoms with Crippen molar-refractivity contribution in [1.82, 2.24) is 4.98 Å². The number of hydrogen-bond acceptors (Lipinski definition) is 3. The van der Waals surface area contributed by atoms with Gasteiger partial charge in [0.2, 0.25) is 0 Å². The minimum atomic E-state index is 0.374. The Hall–Kier alpha value is -0.900. The molecular weight excluding hydrogens is 234 g/mol. The summed E-state index contributed by atoms with van der Waals surface area (Å²) in [5, 5.41) is 0. The Morgan fingerprint density at radius 3 is 3.08 bits per heavy atom. The van der Waals surface area contributed by atoms with Crippen LogP contribution in [0.5, 0.6) is 0 Å². The van der Waals surface area contributed by atoms with E-state index in [1.165, 1.54) is 0 Å². The van der Waals surface area contributed by atoms with Crippen LogP contribution < -0.4 is 0 Å². The van der Waals surface area contributed by atoms with Crippen LogP contribution >= 0.6 is 15.9 Å². The summed E-state index contributed by atoms with van der Waals surface area (Å²) >= 11 is 3.38. The summed E-state index contributed by atoms with van der Waals surface area (Å²) in [7, 11) is 0. The van der Waals surface area contributed by atoms with E-state index in [-0.39, 0.29) is 0 Å². The normalized spacial score (nSPS) is 9.69. The third-order valence-electron chi connectivity index (χ3n) is 1.58. The predicted octanol–water partition coefficient (Wildman–Crippen LogP) is 1.87. The van der Waals surface area contributed by atoms with Crippen molar-refractivity contribution < 1.29 is 9.53 Å². The summed E-state index contributed by atoms with van der Waals surface area (Å²) < 4.78 is 5.54. The molecule has 0 amide bonds. The summed E-state index contributed by atoms with van der Waals surface area (Å²) in [5.74, 6) is 0. The van der Waals surface area contributed by atoms with Gasteiger partial charge in [-0.05, 0) is 35.0 Å². The van der Waals surface area contributed by atoms with Crippen LogP contribution in [0.2, 0.25) is 0 Å². The fraction of sp³-hybridized carbons (Fsp3) is 0.333. The average molecular weight is 244 g/mol. The van der Waals surface area contributed by atoms with Crippen LogP contribution in [0.4, 0.5) is 0 Å². The third kappa shape index (κ3) is 3.14. The fourth-order valence-electron chi connectivity index (χ4n) is 0.973. The maximum absolute atomic E-state index is 9.89. The molecule has 0 spiro atoms. The molecule has 13 heavy (non-hydrogen) atoms. The van der Waals surface area contributed by atoms with Gasteiger partial charge >= 0.3 is 0 Å². The highest BCUT2D eigenvalue weighted by Gasteiger charge is 2.01. The van der Waals surface area contributed by atoms with Gasteiger partial charge in [0.05, 0.1) is 12.3 Å². The first-order valence-corrected chi connectivity index (χ1v) is 4.70. The molecule has 0 unspecified atom stereocenters. The van der Waals surface area contributed by atoms with E-state index in [1.54, 1.807) is 0 Å². The minimum Gasteiger partial charge on any atom is -0.467 e. The zero-order valence-electron chi connectivity index (χ0n) is 7.29. The molecule has 70 valence electrons. The van der Waals surface area contributed by atoms with Crippen molar-refractivity contribution in [2.75, 3.05) is 6.61 Å². The fourth-order valence-corrected chi connectivity index (χ4v) is 1.39. The van der Waals surface area contributed by atoms with Crippen LogP contribution in [0.1, 0.15) is 11.4 Å². The molecule has 1 aromatic heterocycles. The number of rotatable bonds is 4. The minimum absolute atomic E-state index is 0.374. The molecule has 4 heteroatoms. The number of aryl methyl sites for hydroxylation is 1. The second kappa shape index (κ2) is 4.97. The maximum Gasteiger partial charge on any atom is 0.293 e. The molecule has 0 bridgehead atoms. The number of carbonyl (C=O) groups is 1. The molecule has 0 aliphatic carbocycles. The Kier molecular flexibility index (Phi) is 3.89. The van der Waals surface area contributed by atoms with E-state index in [9.17, 15) is 4.79 Å². The van der Waals surface area contributed by atoms with Gasteiger partial charge in [-0.3, -0.25) is 9.78 Å². The highest BCUT2D eigenvalue weighted by Crippen LogP contribution is 2.15. The van der Waals surface area contributed by atoms with Gasteiger partial charge in [0.25, 0.3) is 6.47 Å². The largest absolute Gasteiger partial charge is 0.467 e. The smallest absolute Gasteiger partial charge is 0.293 e. The van der Waals surface area contributed by atoms with Crippen molar-refractivity contribution in [2.45, 2.75) is 13.3 Å². The number of pyridine rings is 1. The lowest BCUT2D eigenvalue weighted by Gasteiger charge is -2.03. The van der Waals surface area contributed by atoms with Crippen molar-refractivity contribution in [3.8, 4) is 0 Å². The molecular formula is C9H10BrNO2. The van der Waals surface area contributed by atoms with Crippen LogP contribution in [0.15, 0.2) is 16.6 Å². The summed E-state index contributed by atoms with van der Waals surface area (Å²) in [6, 6.07) is 3.87. The number of carbonyl (C=O) groups excluding carboxylic acids is 1. The summed E-state index contributed by atoms with van der Waals surface area (Å²) in [4.78, 5) is 14.2. The lowest BCUT2D eigenvalue weighted by atomic mass is 10.2. The number of ether oxygens (including phenoxy) is 1. The molecule has 1 aromatic rings. The molecule has 0 atom stereocenters. The van der Waals surface area contributed by atoms with Gasteiger partial charge < -0.3 is 4.74 Å². The summed E-state index contributed by atoms with van der Waals surface area (Å²) in [5.41, 5.74) is 1.88. The van der Waals surface area contributed by atoms with E-state index in [4.69, 9.17) is 0 Å². The van der Waals surface area contributed by atoms with E-state index >= 15 is 0 Å². The number of nitrogens with zero attached hydrogens (tertiary/aromatic N) is 1. The average Bonchev–Trinajstić information content (AvgIpc) is 2.11. The SMILES string of the molecule is Cc1ccc(Br)c(CCOC=O)n1. The third-order valence-corrected chi connectivity index (χ3v) is 2.30. The molecule has 0 saturated heterocycles. The standard InChI is InChI=1S/C9H10BrNO2/c1-7-2-3-8(10)9(11-7)4-5-13-6-12/h2-3,6H,4-5H2,1H3. The topological polar surface area (TPSA) is 39.2 Å². The zero-order valence-corrected chi connectivity index (χ0v) is 8.87. The molecule has 1 rings (SSSR count). The second-order valence-electron chi connectivity index (χ2n) is 2.60. The van der Waals surface area contributed by atoms with Gasteiger partial charge in [-0.15, -0.1) is 0 Å². The van der Waals surface area contributed by atoms with Gasteiger partial charge in [0.1, 0.15) is 0 Å². The molecule has 0 radical (unpaired) electrons. The van der Waals surface area contributed by atoms with Gasteiger partial charge in [-0.1, -0.05) is 0 Å². The van der Waals surface area contributed by atoms with Crippen molar-refractivity contribution in [1.29, 1.82) is 0 Å². The number of hydrogen-bond donors (Lipinski definition) is 0. The quantitative estimate of drug-likeness (QED) is 0.599. The predicted molar refractivity (Wildman–Crippen MR) is 52.4 cm³/mol. The molecule has 0 saturated carbocycles. The van der Waals surface area contributed by atoms with Crippen LogP contribution in [-0.2, 0) is 16.0 Å². The maximum atomic E-state index is 9.89. The number of halogens is 1. The van der Waals surface area contributed by atoms with Gasteiger partial charge in [-0.25, -0.2) is 0 Å². The highest BCUT2D eigenvalue weighted by molar-refractivity contribution is 9.10. The van der Waals surface area contributed by atoms with E-state index in [0.29, 0.717) is 19.5 Å². The van der Waals surface area contributed by atoms with Crippen molar-refractivity contribution in [2.24, 2.45) is 0 Å². The van der Waals surface area contributed by atoms with Gasteiger partial charge in [-0.2, -0.15) is 0 Å². The van der Waals surface area contributed by atoms with Crippen molar-refractivity contribution in [3.63, 3.8) is 0 Å². The Balaban J connectivity index is 2.64. The first-order chi connectivity index (χ1) is 6.24. The van der Waals surface area contributed by atoms with E-state index in [0.717, 1.165) is 15.9 Å². The first-order valence-electron chi connectivity index (χ1n) is 3.91. The summed E-state index contributed by atoms with van der Waals surface area (Å²) in [6.45, 7) is 2.75. The van der Waals surface area contributed by atoms with Crippen LogP contribution in [0.3, 0.4) is 0 Å². The monoisotopic (exact) mass is 243 g/mol. The Bertz CT molecular complexity index is 302. The molecule has 0 aliphatic heterocycles. The lowest BCUT2D eigenvalue weighted by Crippen LogP contribution is -2.00. The summed E-state index contributed by atoms with van der Waals surface area (Å²) in [6.07, 6.45) is 0.640. The molecule has 1 heterocycles. The Labute approximate surface area is 85.3 Å². The van der Waals surface area contributed by atoms with Crippen LogP contribution in [-0.4, -0.2) is 18.1 Å². The first kappa shape index (κ1) is 10.2. The van der Waals surface area contributed by atoms with Crippen molar-refractivity contribution in [3.05, 3.63) is 28.0 Å². The highest BCUT2D eigenvalue weighted by atomic mass is 79.9. The van der Waals surface area contributed by atoms with Gasteiger partial charge in [0.15, 0.2) is 0 Å². The van der Waals surface area contributed by atoms with E-state index < -0.39 is 0 Å². The van der Waals surface area contributed by atoms with Crippen LogP contribution in [0.25, 0.3) is 0 Å². The molecule has 0 aliphatic rings. The van der Waals surface area contributed by atoms with E-state index in [1.807, 2.05) is 19.1 Å². The molecule has 0 aromatic carbocycles. The van der Waals surface area contributed by atoms with E-state index in [2.05, 4.69) is 25.7 Å². The van der Waals surface area contributed by atoms with Gasteiger partial charge in [0, 0.05) is 16.6 Å². The second-order valence-corrected chi connectivity index (χ2v) is 3.45. The molecule has 3 nitrogen and oxygen atoms in total. The van der Waals surface area contributed by atoms with Crippen molar-refractivity contribution >= 4 is 22.4 Å². The Morgan fingerprint density at radius 2 is 2.38 bits per heavy atom. The molecule has 0 fully saturated rings. The zero-order chi connectivity index (χ0) is 9.68. The Morgan fingerprint density at radius 1 is 1.62 bits per heavy atom. The number of aromatic nitrogens is 1. The van der Waals surface area contributed by atoms with Crippen LogP contribution in [0, 0.1) is 6.92 Å². The molecule has 0 N–H and O–H groups in total.